The van der Waals surface area contributed by atoms with Gasteiger partial charge in [-0.15, -0.1) is 0 Å². The zero-order valence-corrected chi connectivity index (χ0v) is 9.96. The third kappa shape index (κ3) is 11.4. The van der Waals surface area contributed by atoms with E-state index < -0.39 is 0 Å². The van der Waals surface area contributed by atoms with E-state index in [9.17, 15) is 9.59 Å². The summed E-state index contributed by atoms with van der Waals surface area (Å²) in [5.74, 6) is -0.356. The smallest absolute Gasteiger partial charge is 0.247 e. The van der Waals surface area contributed by atoms with Gasteiger partial charge in [0.05, 0.1) is 5.91 Å². The molecular weight excluding hydrogens is 245 g/mol. The second kappa shape index (κ2) is 9.48. The Morgan fingerprint density at radius 1 is 1.46 bits per heavy atom. The van der Waals surface area contributed by atoms with Crippen LogP contribution in [0.15, 0.2) is 29.2 Å². The van der Waals surface area contributed by atoms with Gasteiger partial charge in [-0.05, 0) is 6.07 Å². The van der Waals surface area contributed by atoms with Crippen LogP contribution in [0.3, 0.4) is 0 Å². The normalized spacial score (nSPS) is 7.15. The molecule has 4 nitrogen and oxygen atoms in total. The Kier molecular flexibility index (Phi) is 10.9. The van der Waals surface area contributed by atoms with E-state index in [1.807, 2.05) is 5.32 Å². The van der Waals surface area contributed by atoms with Crippen LogP contribution in [0, 0.1) is 14.0 Å². The van der Waals surface area contributed by atoms with Gasteiger partial charge in [0.1, 0.15) is 0 Å². The van der Waals surface area contributed by atoms with Gasteiger partial charge in [0.15, 0.2) is 0 Å². The predicted molar refractivity (Wildman–Crippen MR) is 45.9 cm³/mol. The number of rotatable bonds is 0. The molecule has 1 radical (unpaired) electrons. The van der Waals surface area contributed by atoms with Crippen molar-refractivity contribution in [2.45, 2.75) is 0 Å². The fraction of sp³-hybridized carbons (Fsp3) is 0. The number of nitrogens with one attached hydrogen (secondary N) is 2. The molecule has 0 aliphatic heterocycles. The Balaban J connectivity index is 0. The van der Waals surface area contributed by atoms with Crippen LogP contribution in [0.2, 0.25) is 0 Å². The van der Waals surface area contributed by atoms with Crippen LogP contribution in [-0.4, -0.2) is 10.9 Å². The van der Waals surface area contributed by atoms with Gasteiger partial charge in [-0.3, -0.25) is 11.8 Å². The van der Waals surface area contributed by atoms with Gasteiger partial charge < -0.3 is 22.0 Å². The Bertz CT molecular complexity index is 268. The van der Waals surface area contributed by atoms with Gasteiger partial charge in [0.25, 0.3) is 0 Å². The molecular formula is C8H10N2O2Y-2. The standard InChI is InChI=1S/C5H5NO.C3H5NO.Y/c7-5-3-1-2-4-6-5;1-3(5)4-2;/h1-4H,(H,6,7);1-2H2,(H,4,5);/q;-2;. The molecule has 0 fully saturated rings. The van der Waals surface area contributed by atoms with Crippen LogP contribution < -0.4 is 10.9 Å². The van der Waals surface area contributed by atoms with E-state index in [0.717, 1.165) is 0 Å². The van der Waals surface area contributed by atoms with Crippen LogP contribution in [0.4, 0.5) is 0 Å². The number of carbonyl (C=O) groups is 1. The van der Waals surface area contributed by atoms with Crippen LogP contribution in [0.1, 0.15) is 0 Å². The monoisotopic (exact) mass is 255 g/mol. The summed E-state index contributed by atoms with van der Waals surface area (Å²) < 4.78 is 0. The minimum Gasteiger partial charge on any atom is -0.534 e. The van der Waals surface area contributed by atoms with Crippen molar-refractivity contribution in [3.05, 3.63) is 48.7 Å². The summed E-state index contributed by atoms with van der Waals surface area (Å²) in [6, 6.07) is 4.93. The molecule has 0 aromatic carbocycles. The van der Waals surface area contributed by atoms with E-state index in [1.165, 1.54) is 6.07 Å². The van der Waals surface area contributed by atoms with E-state index >= 15 is 0 Å². The second-order valence-electron chi connectivity index (χ2n) is 1.83. The first kappa shape index (κ1) is 14.9. The first-order valence-electron chi connectivity index (χ1n) is 3.19. The molecule has 0 spiro atoms. The maximum atomic E-state index is 10.2. The molecule has 2 N–H and O–H groups in total. The molecule has 13 heavy (non-hydrogen) atoms. The molecule has 0 atom stereocenters. The van der Waals surface area contributed by atoms with Crippen molar-refractivity contribution in [3.8, 4) is 0 Å². The number of amides is 1. The van der Waals surface area contributed by atoms with Crippen molar-refractivity contribution < 1.29 is 37.5 Å². The van der Waals surface area contributed by atoms with Crippen molar-refractivity contribution in [3.63, 3.8) is 0 Å². The molecule has 0 aliphatic carbocycles. The van der Waals surface area contributed by atoms with E-state index in [0.29, 0.717) is 0 Å². The quantitative estimate of drug-likeness (QED) is 0.646. The predicted octanol–water partition coefficient (Wildman–Crippen LogP) is 0.101. The number of H-pyrrole nitrogens is 1. The van der Waals surface area contributed by atoms with Crippen LogP contribution in [0.25, 0.3) is 0 Å². The minimum absolute atomic E-state index is 0. The Hall–Kier alpha value is -0.606. The molecule has 1 rings (SSSR count). The Morgan fingerprint density at radius 3 is 2.15 bits per heavy atom. The van der Waals surface area contributed by atoms with Gasteiger partial charge in [-0.2, -0.15) is 0 Å². The average Bonchev–Trinajstić information content (AvgIpc) is 2.07. The molecule has 1 aromatic heterocycles. The van der Waals surface area contributed by atoms with E-state index in [1.54, 1.807) is 18.3 Å². The van der Waals surface area contributed by atoms with Gasteiger partial charge in [-0.25, -0.2) is 0 Å². The summed E-state index contributed by atoms with van der Waals surface area (Å²) in [4.78, 5) is 22.2. The summed E-state index contributed by atoms with van der Waals surface area (Å²) in [5, 5.41) is 2.03. The average molecular weight is 255 g/mol. The van der Waals surface area contributed by atoms with Crippen molar-refractivity contribution in [2.75, 3.05) is 0 Å². The van der Waals surface area contributed by atoms with Gasteiger partial charge >= 0.3 is 0 Å². The molecule has 69 valence electrons. The maximum absolute atomic E-state index is 10.2. The number of aromatic amines is 1. The first-order chi connectivity index (χ1) is 5.66. The number of hydrogen-bond acceptors (Lipinski definition) is 2. The molecule has 1 amide bonds. The van der Waals surface area contributed by atoms with Crippen LogP contribution >= 0.6 is 0 Å². The minimum atomic E-state index is -0.356. The fourth-order valence-corrected chi connectivity index (χ4v) is 0.377. The summed E-state index contributed by atoms with van der Waals surface area (Å²) in [6.45, 7) is 2.94. The van der Waals surface area contributed by atoms with Gasteiger partial charge in [-0.1, -0.05) is 6.07 Å². The van der Waals surface area contributed by atoms with Crippen molar-refractivity contribution in [2.24, 2.45) is 0 Å². The summed E-state index contributed by atoms with van der Waals surface area (Å²) in [6.07, 6.45) is 1.60. The van der Waals surface area contributed by atoms with Crippen LogP contribution in [-0.2, 0) is 37.5 Å². The van der Waals surface area contributed by atoms with Gasteiger partial charge in [0.2, 0.25) is 5.56 Å². The largest absolute Gasteiger partial charge is 0.534 e. The van der Waals surface area contributed by atoms with E-state index in [4.69, 9.17) is 0 Å². The van der Waals surface area contributed by atoms with Crippen molar-refractivity contribution >= 4 is 5.91 Å². The fourth-order valence-electron chi connectivity index (χ4n) is 0.377. The van der Waals surface area contributed by atoms with Crippen LogP contribution in [0.5, 0.6) is 0 Å². The molecule has 0 bridgehead atoms. The summed E-state index contributed by atoms with van der Waals surface area (Å²) in [5.41, 5.74) is -0.0532. The zero-order chi connectivity index (χ0) is 9.40. The topological polar surface area (TPSA) is 62.0 Å². The zero-order valence-electron chi connectivity index (χ0n) is 7.12. The number of aromatic nitrogens is 1. The summed E-state index contributed by atoms with van der Waals surface area (Å²) >= 11 is 0. The third-order valence-electron chi connectivity index (χ3n) is 0.878. The SMILES string of the molecule is O=c1cccc[nH]1.[CH2-]NC([CH2-])=O.[Y]. The molecule has 0 aliphatic rings. The number of carbonyl (C=O) groups excluding carboxylic acids is 1. The molecule has 0 unspecified atom stereocenters. The molecule has 5 heteroatoms. The Morgan fingerprint density at radius 2 is 2.00 bits per heavy atom. The third-order valence-corrected chi connectivity index (χ3v) is 0.878. The Labute approximate surface area is 102 Å². The molecule has 0 saturated heterocycles. The summed E-state index contributed by atoms with van der Waals surface area (Å²) in [7, 11) is 3.02. The molecule has 1 heterocycles. The van der Waals surface area contributed by atoms with Gasteiger partial charge in [0, 0.05) is 45.0 Å². The first-order valence-corrected chi connectivity index (χ1v) is 3.19. The molecule has 1 aromatic rings. The van der Waals surface area contributed by atoms with E-state index in [-0.39, 0.29) is 44.2 Å². The maximum Gasteiger partial charge on any atom is 0.247 e. The van der Waals surface area contributed by atoms with Crippen molar-refractivity contribution in [1.29, 1.82) is 0 Å². The number of hydrogen-bond donors (Lipinski definition) is 2. The second-order valence-corrected chi connectivity index (χ2v) is 1.83. The molecule has 0 saturated carbocycles. The van der Waals surface area contributed by atoms with Crippen molar-refractivity contribution in [1.82, 2.24) is 10.3 Å². The van der Waals surface area contributed by atoms with E-state index in [2.05, 4.69) is 19.0 Å². The number of pyridine rings is 1.